The van der Waals surface area contributed by atoms with Gasteiger partial charge in [-0.25, -0.2) is 9.07 Å². The molecular weight excluding hydrogens is 477 g/mol. The minimum Gasteiger partial charge on any atom is -0.497 e. The summed E-state index contributed by atoms with van der Waals surface area (Å²) < 4.78 is 20.6. The minimum absolute atomic E-state index is 0.292. The van der Waals surface area contributed by atoms with E-state index in [0.29, 0.717) is 39.6 Å². The largest absolute Gasteiger partial charge is 0.497 e. The number of fused-ring (bicyclic) bond motifs is 1. The number of rotatable bonds is 7. The summed E-state index contributed by atoms with van der Waals surface area (Å²) in [6, 6.07) is 22.7. The number of methoxy groups -OCH3 is 1. The average molecular weight is 502 g/mol. The molecule has 2 heterocycles. The van der Waals surface area contributed by atoms with E-state index in [1.54, 1.807) is 48.2 Å². The highest BCUT2D eigenvalue weighted by molar-refractivity contribution is 7.98. The van der Waals surface area contributed by atoms with Crippen LogP contribution in [-0.4, -0.2) is 27.8 Å². The molecule has 9 heteroatoms. The molecule has 1 aliphatic heterocycles. The van der Waals surface area contributed by atoms with E-state index in [1.807, 2.05) is 25.1 Å². The summed E-state index contributed by atoms with van der Waals surface area (Å²) in [6.45, 7) is 1.83. The van der Waals surface area contributed by atoms with Gasteiger partial charge in [0.25, 0.3) is 5.91 Å². The van der Waals surface area contributed by atoms with E-state index in [0.717, 1.165) is 11.1 Å². The molecule has 7 nitrogen and oxygen atoms in total. The number of anilines is 2. The number of allylic oxidation sites excluding steroid dienone is 1. The van der Waals surface area contributed by atoms with Crippen LogP contribution in [0.25, 0.3) is 0 Å². The first-order chi connectivity index (χ1) is 17.5. The van der Waals surface area contributed by atoms with Crippen molar-refractivity contribution in [2.75, 3.05) is 17.7 Å². The third-order valence-corrected chi connectivity index (χ3v) is 6.73. The molecule has 0 unspecified atom stereocenters. The van der Waals surface area contributed by atoms with Gasteiger partial charge in [0.15, 0.2) is 0 Å². The number of nitrogens with zero attached hydrogens (tertiary/aromatic N) is 3. The summed E-state index contributed by atoms with van der Waals surface area (Å²) in [7, 11) is 1.59. The zero-order valence-electron chi connectivity index (χ0n) is 19.7. The first-order valence-electron chi connectivity index (χ1n) is 11.3. The van der Waals surface area contributed by atoms with E-state index in [9.17, 15) is 9.18 Å². The molecule has 0 aliphatic carbocycles. The fourth-order valence-corrected chi connectivity index (χ4v) is 4.82. The second-order valence-electron chi connectivity index (χ2n) is 8.24. The molecule has 0 bridgehead atoms. The Labute approximate surface area is 212 Å². The van der Waals surface area contributed by atoms with Gasteiger partial charge in [0.05, 0.1) is 12.7 Å². The number of carbonyl (C=O) groups is 1. The first-order valence-corrected chi connectivity index (χ1v) is 12.3. The van der Waals surface area contributed by atoms with E-state index in [4.69, 9.17) is 9.84 Å². The standard InChI is InChI=1S/C27H24FN5O2S/c1-17-23(25(34)30-21-12-14-22(35-2)15-13-21)24(19-8-10-20(28)11-9-19)33-26(29-17)31-27(32-33)36-16-18-6-4-3-5-7-18/h3-15,24H,16H2,1-2H3,(H,30,34)(H,29,31,32)/t24-/m0/s1. The number of hydrogen-bond donors (Lipinski definition) is 2. The molecule has 0 saturated carbocycles. The molecule has 0 spiro atoms. The highest BCUT2D eigenvalue weighted by Gasteiger charge is 2.34. The fourth-order valence-electron chi connectivity index (χ4n) is 4.03. The van der Waals surface area contributed by atoms with E-state index < -0.39 is 6.04 Å². The second kappa shape index (κ2) is 10.2. The topological polar surface area (TPSA) is 81.1 Å². The van der Waals surface area contributed by atoms with Gasteiger partial charge in [0.1, 0.15) is 17.6 Å². The SMILES string of the molecule is COc1ccc(NC(=O)C2=C(C)Nc3nc(SCc4ccccc4)nn3[C@H]2c2ccc(F)cc2)cc1. The van der Waals surface area contributed by atoms with Crippen molar-refractivity contribution >= 4 is 29.3 Å². The van der Waals surface area contributed by atoms with E-state index in [2.05, 4.69) is 27.8 Å². The van der Waals surface area contributed by atoms with Crippen LogP contribution in [0.1, 0.15) is 24.1 Å². The zero-order valence-corrected chi connectivity index (χ0v) is 20.6. The summed E-state index contributed by atoms with van der Waals surface area (Å²) in [5, 5.41) is 11.5. The quantitative estimate of drug-likeness (QED) is 0.319. The van der Waals surface area contributed by atoms with Crippen LogP contribution in [-0.2, 0) is 10.5 Å². The Balaban J connectivity index is 1.47. The Morgan fingerprint density at radius 1 is 1.08 bits per heavy atom. The van der Waals surface area contributed by atoms with Gasteiger partial charge < -0.3 is 15.4 Å². The summed E-state index contributed by atoms with van der Waals surface area (Å²) in [5.74, 6) is 1.29. The first kappa shape index (κ1) is 23.6. The minimum atomic E-state index is -0.585. The smallest absolute Gasteiger partial charge is 0.255 e. The maximum atomic E-state index is 13.7. The highest BCUT2D eigenvalue weighted by Crippen LogP contribution is 2.37. The number of halogens is 1. The van der Waals surface area contributed by atoms with Gasteiger partial charge in [-0.1, -0.05) is 54.2 Å². The Kier molecular flexibility index (Phi) is 6.73. The number of hydrogen-bond acceptors (Lipinski definition) is 6. The molecule has 0 saturated heterocycles. The van der Waals surface area contributed by atoms with Crippen molar-refractivity contribution in [1.82, 2.24) is 14.8 Å². The second-order valence-corrected chi connectivity index (χ2v) is 9.18. The van der Waals surface area contributed by atoms with Crippen LogP contribution in [0.15, 0.2) is 95.3 Å². The van der Waals surface area contributed by atoms with E-state index in [-0.39, 0.29) is 11.7 Å². The summed E-state index contributed by atoms with van der Waals surface area (Å²) in [5.41, 5.74) is 3.63. The van der Waals surface area contributed by atoms with Crippen LogP contribution in [0.4, 0.5) is 16.0 Å². The maximum Gasteiger partial charge on any atom is 0.255 e. The number of carbonyl (C=O) groups excluding carboxylic acids is 1. The van der Waals surface area contributed by atoms with Gasteiger partial charge in [-0.2, -0.15) is 4.98 Å². The molecule has 0 radical (unpaired) electrons. The molecule has 182 valence electrons. The number of ether oxygens (including phenoxy) is 1. The van der Waals surface area contributed by atoms with Crippen LogP contribution in [0.3, 0.4) is 0 Å². The Morgan fingerprint density at radius 2 is 1.81 bits per heavy atom. The summed E-state index contributed by atoms with van der Waals surface area (Å²) >= 11 is 1.51. The predicted molar refractivity (Wildman–Crippen MR) is 139 cm³/mol. The molecule has 3 aromatic carbocycles. The van der Waals surface area contributed by atoms with E-state index >= 15 is 0 Å². The predicted octanol–water partition coefficient (Wildman–Crippen LogP) is 5.65. The molecule has 1 amide bonds. The molecule has 1 aromatic heterocycles. The number of nitrogens with one attached hydrogen (secondary N) is 2. The third-order valence-electron chi connectivity index (χ3n) is 5.82. The Hall–Kier alpha value is -4.11. The van der Waals surface area contributed by atoms with Gasteiger partial charge in [-0.05, 0) is 54.4 Å². The van der Waals surface area contributed by atoms with Crippen molar-refractivity contribution in [1.29, 1.82) is 0 Å². The van der Waals surface area contributed by atoms with Crippen molar-refractivity contribution in [2.24, 2.45) is 0 Å². The normalized spacial score (nSPS) is 14.7. The molecule has 1 aliphatic rings. The average Bonchev–Trinajstić information content (AvgIpc) is 3.30. The monoisotopic (exact) mass is 501 g/mol. The molecule has 2 N–H and O–H groups in total. The molecule has 5 rings (SSSR count). The Bertz CT molecular complexity index is 1400. The number of benzene rings is 3. The van der Waals surface area contributed by atoms with E-state index in [1.165, 1.54) is 23.9 Å². The lowest BCUT2D eigenvalue weighted by Crippen LogP contribution is -2.31. The molecule has 36 heavy (non-hydrogen) atoms. The lowest BCUT2D eigenvalue weighted by Gasteiger charge is -2.28. The fraction of sp³-hybridized carbons (Fsp3) is 0.148. The van der Waals surface area contributed by atoms with Gasteiger partial charge in [-0.15, -0.1) is 5.10 Å². The van der Waals surface area contributed by atoms with Crippen LogP contribution in [0.2, 0.25) is 0 Å². The van der Waals surface area contributed by atoms with Gasteiger partial charge in [-0.3, -0.25) is 4.79 Å². The van der Waals surface area contributed by atoms with Crippen molar-refractivity contribution in [3.8, 4) is 5.75 Å². The lowest BCUT2D eigenvalue weighted by atomic mass is 9.95. The summed E-state index contributed by atoms with van der Waals surface area (Å²) in [6.07, 6.45) is 0. The molecule has 0 fully saturated rings. The van der Waals surface area contributed by atoms with Crippen LogP contribution in [0.5, 0.6) is 5.75 Å². The van der Waals surface area contributed by atoms with Crippen molar-refractivity contribution in [3.05, 3.63) is 107 Å². The lowest BCUT2D eigenvalue weighted by molar-refractivity contribution is -0.113. The van der Waals surface area contributed by atoms with Gasteiger partial charge >= 0.3 is 0 Å². The number of aromatic nitrogens is 3. The number of amides is 1. The number of thioether (sulfide) groups is 1. The summed E-state index contributed by atoms with van der Waals surface area (Å²) in [4.78, 5) is 18.2. The van der Waals surface area contributed by atoms with Crippen molar-refractivity contribution in [2.45, 2.75) is 23.9 Å². The maximum absolute atomic E-state index is 13.7. The zero-order chi connectivity index (χ0) is 25.1. The van der Waals surface area contributed by atoms with Gasteiger partial charge in [0, 0.05) is 17.1 Å². The van der Waals surface area contributed by atoms with Crippen molar-refractivity contribution < 1.29 is 13.9 Å². The molecular formula is C27H24FN5O2S. The van der Waals surface area contributed by atoms with Gasteiger partial charge in [0.2, 0.25) is 11.1 Å². The van der Waals surface area contributed by atoms with Crippen LogP contribution < -0.4 is 15.4 Å². The Morgan fingerprint density at radius 3 is 2.50 bits per heavy atom. The highest BCUT2D eigenvalue weighted by atomic mass is 32.2. The molecule has 1 atom stereocenters. The van der Waals surface area contributed by atoms with Crippen LogP contribution >= 0.6 is 11.8 Å². The molecule has 4 aromatic rings. The van der Waals surface area contributed by atoms with Crippen molar-refractivity contribution in [3.63, 3.8) is 0 Å². The van der Waals surface area contributed by atoms with Crippen LogP contribution in [0, 0.1) is 5.82 Å². The third kappa shape index (κ3) is 4.96.